The highest BCUT2D eigenvalue weighted by Gasteiger charge is 2.09. The maximum Gasteiger partial charge on any atom is 0.128 e. The van der Waals surface area contributed by atoms with Gasteiger partial charge in [0.05, 0.1) is 5.02 Å². The van der Waals surface area contributed by atoms with Gasteiger partial charge in [-0.15, -0.1) is 6.58 Å². The molecule has 1 heterocycles. The monoisotopic (exact) mass is 197 g/mol. The van der Waals surface area contributed by atoms with Crippen LogP contribution in [0.3, 0.4) is 0 Å². The van der Waals surface area contributed by atoms with Crippen LogP contribution in [0.15, 0.2) is 24.9 Å². The molecule has 0 unspecified atom stereocenters. The summed E-state index contributed by atoms with van der Waals surface area (Å²) in [5.41, 5.74) is 12.2. The highest BCUT2D eigenvalue weighted by atomic mass is 35.5. The van der Waals surface area contributed by atoms with Crippen LogP contribution in [0.4, 0.5) is 5.82 Å². The Bertz CT molecular complexity index is 312. The van der Waals surface area contributed by atoms with E-state index in [0.717, 1.165) is 5.56 Å². The molecule has 0 amide bonds. The van der Waals surface area contributed by atoms with Gasteiger partial charge in [0.1, 0.15) is 5.82 Å². The quantitative estimate of drug-likeness (QED) is 0.728. The number of nitrogen functional groups attached to an aromatic ring is 1. The fraction of sp³-hybridized carbons (Fsp3) is 0.222. The van der Waals surface area contributed by atoms with Crippen LogP contribution in [0.1, 0.15) is 18.0 Å². The fourth-order valence-corrected chi connectivity index (χ4v) is 1.24. The Balaban J connectivity index is 2.97. The van der Waals surface area contributed by atoms with Gasteiger partial charge in [0.15, 0.2) is 0 Å². The number of hydrogen-bond acceptors (Lipinski definition) is 3. The van der Waals surface area contributed by atoms with Crippen molar-refractivity contribution in [1.29, 1.82) is 0 Å². The third-order valence-electron chi connectivity index (χ3n) is 1.74. The van der Waals surface area contributed by atoms with Gasteiger partial charge in [0.2, 0.25) is 0 Å². The molecule has 1 rings (SSSR count). The number of halogens is 1. The number of nitrogens with zero attached hydrogens (tertiary/aromatic N) is 1. The van der Waals surface area contributed by atoms with Crippen LogP contribution in [0.2, 0.25) is 5.02 Å². The summed E-state index contributed by atoms with van der Waals surface area (Å²) >= 11 is 5.76. The van der Waals surface area contributed by atoms with Crippen molar-refractivity contribution in [3.05, 3.63) is 35.5 Å². The van der Waals surface area contributed by atoms with E-state index in [-0.39, 0.29) is 6.04 Å². The standard InChI is InChI=1S/C9H12ClN3/c1-2-3-8(11)7-4-6(10)5-13-9(7)12/h2,4-5,8H,1,3,11H2,(H2,12,13)/t8-/m0/s1. The van der Waals surface area contributed by atoms with E-state index in [1.807, 2.05) is 0 Å². The SMILES string of the molecule is C=CC[C@H](N)c1cc(Cl)cnc1N. The predicted octanol–water partition coefficient (Wildman–Crippen LogP) is 1.89. The zero-order valence-electron chi connectivity index (χ0n) is 7.20. The molecule has 0 fully saturated rings. The molecule has 0 saturated carbocycles. The van der Waals surface area contributed by atoms with Crippen molar-refractivity contribution in [3.63, 3.8) is 0 Å². The Morgan fingerprint density at radius 2 is 2.38 bits per heavy atom. The second-order valence-corrected chi connectivity index (χ2v) is 3.20. The smallest absolute Gasteiger partial charge is 0.128 e. The minimum absolute atomic E-state index is 0.177. The van der Waals surface area contributed by atoms with Crippen LogP contribution >= 0.6 is 11.6 Å². The van der Waals surface area contributed by atoms with E-state index in [0.29, 0.717) is 17.3 Å². The van der Waals surface area contributed by atoms with Crippen molar-refractivity contribution in [2.45, 2.75) is 12.5 Å². The molecule has 0 spiro atoms. The topological polar surface area (TPSA) is 64.9 Å². The number of pyridine rings is 1. The number of aromatic nitrogens is 1. The zero-order chi connectivity index (χ0) is 9.84. The van der Waals surface area contributed by atoms with E-state index < -0.39 is 0 Å². The molecule has 0 aliphatic heterocycles. The van der Waals surface area contributed by atoms with Crippen molar-refractivity contribution in [1.82, 2.24) is 4.98 Å². The lowest BCUT2D eigenvalue weighted by Gasteiger charge is -2.11. The Kier molecular flexibility index (Phi) is 3.28. The van der Waals surface area contributed by atoms with E-state index >= 15 is 0 Å². The van der Waals surface area contributed by atoms with Crippen molar-refractivity contribution < 1.29 is 0 Å². The molecule has 4 heteroatoms. The molecule has 0 aliphatic rings. The summed E-state index contributed by atoms with van der Waals surface area (Å²) in [6.07, 6.45) is 3.90. The van der Waals surface area contributed by atoms with Crippen LogP contribution in [-0.4, -0.2) is 4.98 Å². The molecule has 1 aromatic rings. The summed E-state index contributed by atoms with van der Waals surface area (Å²) in [5.74, 6) is 0.429. The first-order valence-electron chi connectivity index (χ1n) is 3.92. The van der Waals surface area contributed by atoms with Gasteiger partial charge >= 0.3 is 0 Å². The number of anilines is 1. The van der Waals surface area contributed by atoms with Crippen LogP contribution in [0.5, 0.6) is 0 Å². The second kappa shape index (κ2) is 4.25. The molecule has 0 aliphatic carbocycles. The average molecular weight is 198 g/mol. The molecular formula is C9H12ClN3. The minimum atomic E-state index is -0.177. The Labute approximate surface area is 82.4 Å². The minimum Gasteiger partial charge on any atom is -0.383 e. The first-order valence-corrected chi connectivity index (χ1v) is 4.30. The van der Waals surface area contributed by atoms with E-state index in [1.165, 1.54) is 6.20 Å². The predicted molar refractivity (Wildman–Crippen MR) is 55.4 cm³/mol. The summed E-state index contributed by atoms with van der Waals surface area (Å²) < 4.78 is 0. The largest absolute Gasteiger partial charge is 0.383 e. The van der Waals surface area contributed by atoms with E-state index in [4.69, 9.17) is 23.1 Å². The summed E-state index contributed by atoms with van der Waals surface area (Å²) in [6, 6.07) is 1.56. The van der Waals surface area contributed by atoms with Crippen LogP contribution in [0.25, 0.3) is 0 Å². The van der Waals surface area contributed by atoms with E-state index in [2.05, 4.69) is 11.6 Å². The lowest BCUT2D eigenvalue weighted by Crippen LogP contribution is -2.12. The van der Waals surface area contributed by atoms with Gasteiger partial charge in [0, 0.05) is 17.8 Å². The molecule has 0 radical (unpaired) electrons. The number of hydrogen-bond donors (Lipinski definition) is 2. The molecule has 0 aromatic carbocycles. The molecule has 1 atom stereocenters. The fourth-order valence-electron chi connectivity index (χ4n) is 1.07. The van der Waals surface area contributed by atoms with Crippen molar-refractivity contribution in [2.24, 2.45) is 5.73 Å². The summed E-state index contributed by atoms with van der Waals surface area (Å²) in [6.45, 7) is 3.60. The average Bonchev–Trinajstić information content (AvgIpc) is 2.09. The van der Waals surface area contributed by atoms with Gasteiger partial charge in [0.25, 0.3) is 0 Å². The van der Waals surface area contributed by atoms with E-state index in [1.54, 1.807) is 12.1 Å². The van der Waals surface area contributed by atoms with Crippen LogP contribution in [-0.2, 0) is 0 Å². The lowest BCUT2D eigenvalue weighted by atomic mass is 10.1. The molecular weight excluding hydrogens is 186 g/mol. The maximum absolute atomic E-state index is 5.83. The third-order valence-corrected chi connectivity index (χ3v) is 1.94. The van der Waals surface area contributed by atoms with Gasteiger partial charge < -0.3 is 11.5 Å². The Morgan fingerprint density at radius 1 is 1.69 bits per heavy atom. The van der Waals surface area contributed by atoms with Gasteiger partial charge in [-0.2, -0.15) is 0 Å². The third kappa shape index (κ3) is 2.44. The van der Waals surface area contributed by atoms with Crippen molar-refractivity contribution in [3.8, 4) is 0 Å². The molecule has 3 nitrogen and oxygen atoms in total. The molecule has 4 N–H and O–H groups in total. The first-order chi connectivity index (χ1) is 6.15. The Hall–Kier alpha value is -1.06. The van der Waals surface area contributed by atoms with Gasteiger partial charge in [-0.05, 0) is 12.5 Å². The molecule has 13 heavy (non-hydrogen) atoms. The molecule has 0 saturated heterocycles. The Morgan fingerprint density at radius 3 is 3.00 bits per heavy atom. The molecule has 1 aromatic heterocycles. The van der Waals surface area contributed by atoms with Gasteiger partial charge in [-0.3, -0.25) is 0 Å². The summed E-state index contributed by atoms with van der Waals surface area (Å²) in [4.78, 5) is 3.91. The van der Waals surface area contributed by atoms with Crippen molar-refractivity contribution in [2.75, 3.05) is 5.73 Å². The van der Waals surface area contributed by atoms with Crippen molar-refractivity contribution >= 4 is 17.4 Å². The van der Waals surface area contributed by atoms with E-state index in [9.17, 15) is 0 Å². The van der Waals surface area contributed by atoms with Crippen LogP contribution < -0.4 is 11.5 Å². The van der Waals surface area contributed by atoms with Gasteiger partial charge in [-0.25, -0.2) is 4.98 Å². The van der Waals surface area contributed by atoms with Gasteiger partial charge in [-0.1, -0.05) is 17.7 Å². The molecule has 70 valence electrons. The van der Waals surface area contributed by atoms with Crippen LogP contribution in [0, 0.1) is 0 Å². The lowest BCUT2D eigenvalue weighted by molar-refractivity contribution is 0.741. The normalized spacial score (nSPS) is 12.5. The molecule has 0 bridgehead atoms. The summed E-state index contributed by atoms with van der Waals surface area (Å²) in [7, 11) is 0. The second-order valence-electron chi connectivity index (χ2n) is 2.76. The number of nitrogens with two attached hydrogens (primary N) is 2. The zero-order valence-corrected chi connectivity index (χ0v) is 7.96. The summed E-state index contributed by atoms with van der Waals surface area (Å²) in [5, 5.41) is 0.545. The highest BCUT2D eigenvalue weighted by Crippen LogP contribution is 2.22. The highest BCUT2D eigenvalue weighted by molar-refractivity contribution is 6.30. The number of rotatable bonds is 3. The first kappa shape index (κ1) is 10.0. The maximum atomic E-state index is 5.83.